The Morgan fingerprint density at radius 3 is 2.69 bits per heavy atom. The molecule has 210 valence electrons. The molecule has 2 amide bonds. The summed E-state index contributed by atoms with van der Waals surface area (Å²) in [5, 5.41) is 23.5. The molecule has 10 nitrogen and oxygen atoms in total. The monoisotopic (exact) mass is 652 g/mol. The fourth-order valence-electron chi connectivity index (χ4n) is 5.18. The van der Waals surface area contributed by atoms with Crippen LogP contribution in [0, 0.1) is 9.49 Å². The maximum absolute atomic E-state index is 13.8. The number of nitrogens with zero attached hydrogens (tertiary/aromatic N) is 1. The number of carbonyl (C=O) groups is 3. The summed E-state index contributed by atoms with van der Waals surface area (Å²) >= 11 is 2.02. The van der Waals surface area contributed by atoms with Gasteiger partial charge in [-0.25, -0.2) is 0 Å². The van der Waals surface area contributed by atoms with Crippen molar-refractivity contribution in [2.45, 2.75) is 56.9 Å². The lowest BCUT2D eigenvalue weighted by Gasteiger charge is -2.41. The maximum atomic E-state index is 13.8. The van der Waals surface area contributed by atoms with Crippen LogP contribution in [0.2, 0.25) is 0 Å². The Balaban J connectivity index is 1.71. The van der Waals surface area contributed by atoms with Crippen LogP contribution in [0.15, 0.2) is 46.8 Å². The summed E-state index contributed by atoms with van der Waals surface area (Å²) in [6, 6.07) is 4.16. The Hall–Kier alpha value is -2.90. The Bertz CT molecular complexity index is 1190. The van der Waals surface area contributed by atoms with Crippen molar-refractivity contribution in [2.24, 2.45) is 5.92 Å². The SMILES string of the molecule is COc1cc(C=O)cc(I)c1OC1C=C(C(=O)NCCO)CC(N(Cc2ccoc2)C(=O)C2CCCC2)C1O. The number of methoxy groups -OCH3 is 1. The minimum absolute atomic E-state index is 0.0630. The molecule has 39 heavy (non-hydrogen) atoms. The van der Waals surface area contributed by atoms with E-state index >= 15 is 0 Å². The van der Waals surface area contributed by atoms with Crippen LogP contribution in [0.25, 0.3) is 0 Å². The molecule has 2 aliphatic carbocycles. The van der Waals surface area contributed by atoms with Gasteiger partial charge in [-0.1, -0.05) is 12.8 Å². The smallest absolute Gasteiger partial charge is 0.247 e. The molecule has 0 aliphatic heterocycles. The van der Waals surface area contributed by atoms with E-state index in [-0.39, 0.29) is 37.9 Å². The van der Waals surface area contributed by atoms with E-state index in [4.69, 9.17) is 13.9 Å². The van der Waals surface area contributed by atoms with Gasteiger partial charge in [0, 0.05) is 42.1 Å². The van der Waals surface area contributed by atoms with E-state index in [0.717, 1.165) is 31.2 Å². The fourth-order valence-corrected chi connectivity index (χ4v) is 5.94. The second kappa shape index (κ2) is 13.4. The third kappa shape index (κ3) is 6.82. The number of amides is 2. The second-order valence-electron chi connectivity index (χ2n) is 9.75. The van der Waals surface area contributed by atoms with E-state index in [2.05, 4.69) is 5.32 Å². The number of carbonyl (C=O) groups excluding carboxylic acids is 3. The van der Waals surface area contributed by atoms with Gasteiger partial charge in [-0.2, -0.15) is 0 Å². The van der Waals surface area contributed by atoms with Crippen LogP contribution in [-0.4, -0.2) is 71.7 Å². The Kier molecular flexibility index (Phi) is 10.0. The Morgan fingerprint density at radius 2 is 2.05 bits per heavy atom. The zero-order valence-corrected chi connectivity index (χ0v) is 23.8. The summed E-state index contributed by atoms with van der Waals surface area (Å²) in [7, 11) is 1.45. The highest BCUT2D eigenvalue weighted by molar-refractivity contribution is 14.1. The third-order valence-electron chi connectivity index (χ3n) is 7.18. The van der Waals surface area contributed by atoms with E-state index in [0.29, 0.717) is 32.5 Å². The Labute approximate surface area is 240 Å². The minimum atomic E-state index is -1.18. The second-order valence-corrected chi connectivity index (χ2v) is 10.9. The van der Waals surface area contributed by atoms with Crippen LogP contribution in [0.3, 0.4) is 0 Å². The van der Waals surface area contributed by atoms with Crippen LogP contribution >= 0.6 is 22.6 Å². The minimum Gasteiger partial charge on any atom is -0.493 e. The van der Waals surface area contributed by atoms with Crippen molar-refractivity contribution in [3.63, 3.8) is 0 Å². The van der Waals surface area contributed by atoms with Gasteiger partial charge in [0.1, 0.15) is 18.5 Å². The zero-order valence-electron chi connectivity index (χ0n) is 21.7. The molecule has 1 aromatic carbocycles. The van der Waals surface area contributed by atoms with Crippen LogP contribution in [0.4, 0.5) is 0 Å². The highest BCUT2D eigenvalue weighted by atomic mass is 127. The lowest BCUT2D eigenvalue weighted by molar-refractivity contribution is -0.143. The van der Waals surface area contributed by atoms with E-state index in [9.17, 15) is 24.6 Å². The fraction of sp³-hybridized carbons (Fsp3) is 0.464. The number of aldehydes is 1. The Morgan fingerprint density at radius 1 is 1.28 bits per heavy atom. The van der Waals surface area contributed by atoms with E-state index in [1.54, 1.807) is 29.4 Å². The molecular weight excluding hydrogens is 619 g/mol. The first-order valence-corrected chi connectivity index (χ1v) is 14.0. The molecule has 1 saturated carbocycles. The molecule has 1 fully saturated rings. The first-order chi connectivity index (χ1) is 18.9. The van der Waals surface area contributed by atoms with E-state index in [1.165, 1.54) is 19.4 Å². The predicted molar refractivity (Wildman–Crippen MR) is 149 cm³/mol. The number of hydrogen-bond donors (Lipinski definition) is 3. The highest BCUT2D eigenvalue weighted by Gasteiger charge is 2.42. The van der Waals surface area contributed by atoms with Gasteiger partial charge in [0.2, 0.25) is 11.8 Å². The summed E-state index contributed by atoms with van der Waals surface area (Å²) in [4.78, 5) is 39.8. The van der Waals surface area contributed by atoms with Crippen molar-refractivity contribution >= 4 is 40.7 Å². The van der Waals surface area contributed by atoms with Crippen LogP contribution in [0.5, 0.6) is 11.5 Å². The topological polar surface area (TPSA) is 139 Å². The number of ether oxygens (including phenoxy) is 2. The molecule has 3 atom stereocenters. The van der Waals surface area contributed by atoms with Gasteiger partial charge in [0.15, 0.2) is 11.5 Å². The van der Waals surface area contributed by atoms with Crippen molar-refractivity contribution in [1.29, 1.82) is 0 Å². The van der Waals surface area contributed by atoms with Crippen LogP contribution in [0.1, 0.15) is 48.0 Å². The van der Waals surface area contributed by atoms with Gasteiger partial charge in [0.25, 0.3) is 0 Å². The molecular formula is C28H33IN2O8. The molecule has 2 aromatic rings. The number of hydrogen-bond acceptors (Lipinski definition) is 8. The number of halogens is 1. The summed E-state index contributed by atoms with van der Waals surface area (Å²) in [6.45, 7) is 0.0461. The van der Waals surface area contributed by atoms with Crippen molar-refractivity contribution in [2.75, 3.05) is 20.3 Å². The molecule has 0 saturated heterocycles. The van der Waals surface area contributed by atoms with Crippen molar-refractivity contribution in [3.05, 3.63) is 57.1 Å². The van der Waals surface area contributed by atoms with Crippen LogP contribution in [-0.2, 0) is 16.1 Å². The average molecular weight is 652 g/mol. The molecule has 0 radical (unpaired) electrons. The molecule has 1 aromatic heterocycles. The number of aliphatic hydroxyl groups excluding tert-OH is 2. The summed E-state index contributed by atoms with van der Waals surface area (Å²) in [5.74, 6) is -0.0309. The van der Waals surface area contributed by atoms with Gasteiger partial charge >= 0.3 is 0 Å². The van der Waals surface area contributed by atoms with Gasteiger partial charge in [-0.3, -0.25) is 14.4 Å². The number of nitrogens with one attached hydrogen (secondary N) is 1. The normalized spacial score (nSPS) is 21.2. The number of furan rings is 1. The third-order valence-corrected chi connectivity index (χ3v) is 7.98. The van der Waals surface area contributed by atoms with Gasteiger partial charge in [0.05, 0.1) is 35.9 Å². The van der Waals surface area contributed by atoms with Crippen molar-refractivity contribution in [1.82, 2.24) is 10.2 Å². The molecule has 4 rings (SSSR count). The number of benzene rings is 1. The largest absolute Gasteiger partial charge is 0.493 e. The van der Waals surface area contributed by atoms with Crippen molar-refractivity contribution in [3.8, 4) is 11.5 Å². The molecule has 0 bridgehead atoms. The van der Waals surface area contributed by atoms with E-state index < -0.39 is 24.2 Å². The quantitative estimate of drug-likeness (QED) is 0.249. The molecule has 3 N–H and O–H groups in total. The van der Waals surface area contributed by atoms with Crippen molar-refractivity contribution < 1.29 is 38.5 Å². The van der Waals surface area contributed by atoms with Gasteiger partial charge < -0.3 is 34.3 Å². The molecule has 2 aliphatic rings. The molecule has 0 spiro atoms. The first kappa shape index (κ1) is 29.1. The summed E-state index contributed by atoms with van der Waals surface area (Å²) in [6.07, 6.45) is 6.76. The number of rotatable bonds is 11. The standard InChI is InChI=1S/C28H33IN2O8/c1-37-24-11-18(15-33)10-21(29)26(24)39-23-13-20(27(35)30-7-8-32)12-22(25(23)34)31(14-17-6-9-38-16-17)28(36)19-4-2-3-5-19/h6,9-11,13,15-16,19,22-23,25,32,34H,2-5,7-8,12,14H2,1H3,(H,30,35). The van der Waals surface area contributed by atoms with Gasteiger partial charge in [-0.05, 0) is 59.7 Å². The summed E-state index contributed by atoms with van der Waals surface area (Å²) < 4.78 is 17.5. The maximum Gasteiger partial charge on any atom is 0.247 e. The molecule has 3 unspecified atom stereocenters. The van der Waals surface area contributed by atoms with Crippen LogP contribution < -0.4 is 14.8 Å². The highest BCUT2D eigenvalue weighted by Crippen LogP contribution is 2.38. The van der Waals surface area contributed by atoms with E-state index in [1.807, 2.05) is 22.6 Å². The lowest BCUT2D eigenvalue weighted by Crippen LogP contribution is -2.55. The summed E-state index contributed by atoms with van der Waals surface area (Å²) in [5.41, 5.74) is 1.50. The first-order valence-electron chi connectivity index (χ1n) is 12.9. The zero-order chi connectivity index (χ0) is 27.9. The molecule has 11 heteroatoms. The van der Waals surface area contributed by atoms with Gasteiger partial charge in [-0.15, -0.1) is 0 Å². The lowest BCUT2D eigenvalue weighted by atomic mass is 9.87. The predicted octanol–water partition coefficient (Wildman–Crippen LogP) is 2.84. The average Bonchev–Trinajstić information content (AvgIpc) is 3.67. The molecule has 1 heterocycles. The number of aliphatic hydroxyl groups is 2.